The maximum atomic E-state index is 9.98. The van der Waals surface area contributed by atoms with Gasteiger partial charge in [-0.3, -0.25) is 0 Å². The van der Waals surface area contributed by atoms with Crippen molar-refractivity contribution < 1.29 is 0 Å². The molecule has 0 aliphatic heterocycles. The molecule has 3 nitrogen and oxygen atoms in total. The Morgan fingerprint density at radius 2 is 0.925 bits per heavy atom. The lowest BCUT2D eigenvalue weighted by molar-refractivity contribution is 0.660. The Labute approximate surface area is 310 Å². The van der Waals surface area contributed by atoms with Crippen LogP contribution >= 0.6 is 0 Å². The zero-order valence-corrected chi connectivity index (χ0v) is 29.6. The highest BCUT2D eigenvalue weighted by Crippen LogP contribution is 2.51. The molecule has 0 saturated heterocycles. The van der Waals surface area contributed by atoms with E-state index in [0.717, 1.165) is 78.1 Å². The molecule has 0 saturated carbocycles. The summed E-state index contributed by atoms with van der Waals surface area (Å²) in [4.78, 5) is 10.4. The fraction of sp³-hybridized carbons (Fsp3) is 0.0600. The summed E-state index contributed by atoms with van der Waals surface area (Å²) >= 11 is 0. The van der Waals surface area contributed by atoms with E-state index in [9.17, 15) is 5.26 Å². The van der Waals surface area contributed by atoms with Crippen molar-refractivity contribution >= 4 is 0 Å². The molecule has 0 radical (unpaired) electrons. The number of nitriles is 1. The Kier molecular flexibility index (Phi) is 7.87. The van der Waals surface area contributed by atoms with E-state index in [-0.39, 0.29) is 5.41 Å². The summed E-state index contributed by atoms with van der Waals surface area (Å²) in [6, 6.07) is 63.9. The molecule has 0 amide bonds. The molecular formula is C50H35N3. The molecular weight excluding hydrogens is 643 g/mol. The molecule has 1 aliphatic rings. The fourth-order valence-corrected chi connectivity index (χ4v) is 7.74. The van der Waals surface area contributed by atoms with Crippen LogP contribution in [-0.4, -0.2) is 9.97 Å². The smallest absolute Gasteiger partial charge is 0.160 e. The van der Waals surface area contributed by atoms with Gasteiger partial charge < -0.3 is 0 Å². The predicted octanol–water partition coefficient (Wildman–Crippen LogP) is 12.7. The van der Waals surface area contributed by atoms with E-state index >= 15 is 0 Å². The van der Waals surface area contributed by atoms with Crippen LogP contribution in [0.1, 0.15) is 30.5 Å². The van der Waals surface area contributed by atoms with Crippen molar-refractivity contribution in [3.63, 3.8) is 0 Å². The summed E-state index contributed by atoms with van der Waals surface area (Å²) in [5.41, 5.74) is 16.7. The average molecular weight is 678 g/mol. The molecule has 0 unspecified atom stereocenters. The first-order valence-electron chi connectivity index (χ1n) is 18.0. The van der Waals surface area contributed by atoms with Crippen LogP contribution in [0.15, 0.2) is 176 Å². The standard InChI is InChI=1S/C50H35N3/c1-50(2)44-26-25-38(30-43(44)48-39(32-51)19-12-20-45(48)50)35-21-23-37(24-22-35)49-52-46(36-17-10-5-11-18-36)31-47(53-49)42-28-40(33-13-6-3-7-14-33)27-41(29-42)34-15-8-4-9-16-34/h3-31H,1-2H3. The van der Waals surface area contributed by atoms with E-state index < -0.39 is 0 Å². The molecule has 9 rings (SSSR count). The Hall–Kier alpha value is -6.89. The molecule has 7 aromatic carbocycles. The molecule has 0 spiro atoms. The second-order valence-electron chi connectivity index (χ2n) is 14.2. The third kappa shape index (κ3) is 5.81. The van der Waals surface area contributed by atoms with Gasteiger partial charge in [0.05, 0.1) is 23.0 Å². The SMILES string of the molecule is CC1(C)c2ccc(-c3ccc(-c4nc(-c5ccccc5)cc(-c5cc(-c6ccccc6)cc(-c6ccccc6)c5)n4)cc3)cc2-c2c(C#N)cccc21. The summed E-state index contributed by atoms with van der Waals surface area (Å²) in [7, 11) is 0. The van der Waals surface area contributed by atoms with E-state index in [4.69, 9.17) is 9.97 Å². The highest BCUT2D eigenvalue weighted by Gasteiger charge is 2.36. The minimum atomic E-state index is -0.165. The van der Waals surface area contributed by atoms with Crippen molar-refractivity contribution in [2.45, 2.75) is 19.3 Å². The Balaban J connectivity index is 1.15. The molecule has 0 atom stereocenters. The zero-order valence-electron chi connectivity index (χ0n) is 29.6. The van der Waals surface area contributed by atoms with Gasteiger partial charge in [0.15, 0.2) is 5.82 Å². The van der Waals surface area contributed by atoms with Gasteiger partial charge in [-0.2, -0.15) is 5.26 Å². The van der Waals surface area contributed by atoms with Crippen LogP contribution < -0.4 is 0 Å². The molecule has 8 aromatic rings. The molecule has 0 fully saturated rings. The summed E-state index contributed by atoms with van der Waals surface area (Å²) in [5.74, 6) is 0.669. The number of aromatic nitrogens is 2. The molecule has 0 bridgehead atoms. The Bertz CT molecular complexity index is 2610. The second-order valence-corrected chi connectivity index (χ2v) is 14.2. The number of rotatable bonds is 6. The molecule has 1 aliphatic carbocycles. The van der Waals surface area contributed by atoms with E-state index in [2.05, 4.69) is 153 Å². The van der Waals surface area contributed by atoms with Gasteiger partial charge in [-0.25, -0.2) is 9.97 Å². The third-order valence-corrected chi connectivity index (χ3v) is 10.5. The van der Waals surface area contributed by atoms with Crippen LogP contribution in [0.25, 0.3) is 78.4 Å². The largest absolute Gasteiger partial charge is 0.228 e. The van der Waals surface area contributed by atoms with Crippen LogP contribution in [0.4, 0.5) is 0 Å². The topological polar surface area (TPSA) is 49.6 Å². The lowest BCUT2D eigenvalue weighted by atomic mass is 9.82. The maximum absolute atomic E-state index is 9.98. The molecule has 1 heterocycles. The molecule has 53 heavy (non-hydrogen) atoms. The minimum Gasteiger partial charge on any atom is -0.228 e. The van der Waals surface area contributed by atoms with Crippen LogP contribution in [0.5, 0.6) is 0 Å². The summed E-state index contributed by atoms with van der Waals surface area (Å²) in [5, 5.41) is 9.98. The number of nitrogens with zero attached hydrogens (tertiary/aromatic N) is 3. The van der Waals surface area contributed by atoms with Crippen LogP contribution in [0.2, 0.25) is 0 Å². The maximum Gasteiger partial charge on any atom is 0.160 e. The number of hydrogen-bond donors (Lipinski definition) is 0. The van der Waals surface area contributed by atoms with Gasteiger partial charge in [0.1, 0.15) is 0 Å². The number of benzene rings is 7. The van der Waals surface area contributed by atoms with Gasteiger partial charge in [0, 0.05) is 27.7 Å². The molecule has 1 aromatic heterocycles. The first kappa shape index (κ1) is 32.0. The van der Waals surface area contributed by atoms with Crippen molar-refractivity contribution in [1.82, 2.24) is 9.97 Å². The fourth-order valence-electron chi connectivity index (χ4n) is 7.74. The molecule has 3 heteroatoms. The second kappa shape index (κ2) is 13.0. The molecule has 250 valence electrons. The van der Waals surface area contributed by atoms with Crippen LogP contribution in [0, 0.1) is 11.3 Å². The minimum absolute atomic E-state index is 0.165. The van der Waals surface area contributed by atoms with E-state index in [1.54, 1.807) is 0 Å². The Morgan fingerprint density at radius 3 is 1.53 bits per heavy atom. The average Bonchev–Trinajstić information content (AvgIpc) is 3.47. The molecule has 0 N–H and O–H groups in total. The van der Waals surface area contributed by atoms with Gasteiger partial charge >= 0.3 is 0 Å². The van der Waals surface area contributed by atoms with Gasteiger partial charge in [-0.15, -0.1) is 0 Å². The monoisotopic (exact) mass is 677 g/mol. The van der Waals surface area contributed by atoms with Crippen molar-refractivity contribution in [3.05, 3.63) is 193 Å². The summed E-state index contributed by atoms with van der Waals surface area (Å²) in [6.07, 6.45) is 0. The van der Waals surface area contributed by atoms with Gasteiger partial charge in [-0.05, 0) is 86.5 Å². The zero-order chi connectivity index (χ0) is 35.9. The summed E-state index contributed by atoms with van der Waals surface area (Å²) in [6.45, 7) is 4.48. The first-order valence-corrected chi connectivity index (χ1v) is 18.0. The Morgan fingerprint density at radius 1 is 0.415 bits per heavy atom. The lowest BCUT2D eigenvalue weighted by Gasteiger charge is -2.21. The normalized spacial score (nSPS) is 12.5. The highest BCUT2D eigenvalue weighted by atomic mass is 14.9. The van der Waals surface area contributed by atoms with Crippen LogP contribution in [-0.2, 0) is 5.41 Å². The van der Waals surface area contributed by atoms with E-state index in [1.165, 1.54) is 11.1 Å². The lowest BCUT2D eigenvalue weighted by Crippen LogP contribution is -2.14. The highest BCUT2D eigenvalue weighted by molar-refractivity contribution is 5.88. The van der Waals surface area contributed by atoms with E-state index in [1.807, 2.05) is 42.5 Å². The summed E-state index contributed by atoms with van der Waals surface area (Å²) < 4.78 is 0. The van der Waals surface area contributed by atoms with Gasteiger partial charge in [0.2, 0.25) is 0 Å². The van der Waals surface area contributed by atoms with Crippen molar-refractivity contribution in [2.75, 3.05) is 0 Å². The number of fused-ring (bicyclic) bond motifs is 3. The van der Waals surface area contributed by atoms with E-state index in [0.29, 0.717) is 5.82 Å². The van der Waals surface area contributed by atoms with Crippen molar-refractivity contribution in [2.24, 2.45) is 0 Å². The van der Waals surface area contributed by atoms with Gasteiger partial charge in [0.25, 0.3) is 0 Å². The quantitative estimate of drug-likeness (QED) is 0.176. The van der Waals surface area contributed by atoms with Crippen molar-refractivity contribution in [3.8, 4) is 84.5 Å². The number of hydrogen-bond acceptors (Lipinski definition) is 3. The third-order valence-electron chi connectivity index (χ3n) is 10.5. The van der Waals surface area contributed by atoms with Crippen LogP contribution in [0.3, 0.4) is 0 Å². The van der Waals surface area contributed by atoms with Crippen molar-refractivity contribution in [1.29, 1.82) is 5.26 Å². The van der Waals surface area contributed by atoms with Gasteiger partial charge in [-0.1, -0.05) is 153 Å². The predicted molar refractivity (Wildman–Crippen MR) is 217 cm³/mol. The first-order chi connectivity index (χ1) is 26.0.